The lowest BCUT2D eigenvalue weighted by Crippen LogP contribution is -2.25. The smallest absolute Gasteiger partial charge is 0.407 e. The van der Waals surface area contributed by atoms with E-state index in [0.29, 0.717) is 17.7 Å². The number of anilines is 1. The number of nitrogens with zero attached hydrogens (tertiary/aromatic N) is 2. The van der Waals surface area contributed by atoms with Gasteiger partial charge in [0, 0.05) is 60.5 Å². The van der Waals surface area contributed by atoms with E-state index >= 15 is 0 Å². The van der Waals surface area contributed by atoms with Crippen LogP contribution in [-0.2, 0) is 17.7 Å². The quantitative estimate of drug-likeness (QED) is 0.338. The lowest BCUT2D eigenvalue weighted by Gasteiger charge is -2.21. The fraction of sp³-hybridized carbons (Fsp3) is 0.296. The second-order valence-electron chi connectivity index (χ2n) is 8.24. The highest BCUT2D eigenvalue weighted by molar-refractivity contribution is 5.84. The summed E-state index contributed by atoms with van der Waals surface area (Å²) in [5.41, 5.74) is 5.28. The fourth-order valence-electron chi connectivity index (χ4n) is 4.19. The first-order valence-electron chi connectivity index (χ1n) is 11.8. The van der Waals surface area contributed by atoms with E-state index in [1.165, 1.54) is 0 Å². The van der Waals surface area contributed by atoms with E-state index < -0.39 is 11.7 Å². The van der Waals surface area contributed by atoms with Crippen LogP contribution in [0.3, 0.4) is 0 Å². The molecule has 0 aliphatic heterocycles. The SMILES string of the molecule is CCN(CC)c1ccc2c(C)c(CCOC(=O)NCc3cccc(-c4c[nH]cn4)c3)c(=O)oc2c1. The minimum Gasteiger partial charge on any atom is -0.449 e. The van der Waals surface area contributed by atoms with E-state index in [2.05, 4.69) is 34.0 Å². The summed E-state index contributed by atoms with van der Waals surface area (Å²) in [6.45, 7) is 8.23. The zero-order chi connectivity index (χ0) is 24.8. The second-order valence-corrected chi connectivity index (χ2v) is 8.24. The van der Waals surface area contributed by atoms with Gasteiger partial charge in [0.2, 0.25) is 0 Å². The first-order valence-corrected chi connectivity index (χ1v) is 11.8. The van der Waals surface area contributed by atoms with Gasteiger partial charge >= 0.3 is 11.7 Å². The molecule has 0 unspecified atom stereocenters. The molecule has 8 heteroatoms. The third-order valence-corrected chi connectivity index (χ3v) is 6.14. The highest BCUT2D eigenvalue weighted by atomic mass is 16.5. The Labute approximate surface area is 203 Å². The first-order chi connectivity index (χ1) is 17.0. The summed E-state index contributed by atoms with van der Waals surface area (Å²) in [5.74, 6) is 0. The van der Waals surface area contributed by atoms with Crippen molar-refractivity contribution in [2.24, 2.45) is 0 Å². The molecule has 4 rings (SSSR count). The van der Waals surface area contributed by atoms with Crippen molar-refractivity contribution in [1.82, 2.24) is 15.3 Å². The first kappa shape index (κ1) is 24.1. The van der Waals surface area contributed by atoms with E-state index in [1.54, 1.807) is 6.33 Å². The number of nitrogens with one attached hydrogen (secondary N) is 2. The maximum absolute atomic E-state index is 12.6. The van der Waals surface area contributed by atoms with Crippen LogP contribution in [0.2, 0.25) is 0 Å². The Balaban J connectivity index is 1.35. The third kappa shape index (κ3) is 5.54. The lowest BCUT2D eigenvalue weighted by molar-refractivity contribution is 0.146. The number of hydrogen-bond donors (Lipinski definition) is 2. The Morgan fingerprint density at radius 3 is 2.74 bits per heavy atom. The molecule has 4 aromatic rings. The molecule has 0 atom stereocenters. The summed E-state index contributed by atoms with van der Waals surface area (Å²) in [7, 11) is 0. The number of imidazole rings is 1. The van der Waals surface area contributed by atoms with Gasteiger partial charge in [0.1, 0.15) is 5.58 Å². The van der Waals surface area contributed by atoms with E-state index in [0.717, 1.165) is 46.5 Å². The van der Waals surface area contributed by atoms with E-state index in [-0.39, 0.29) is 13.0 Å². The molecular weight excluding hydrogens is 444 g/mol. The summed E-state index contributed by atoms with van der Waals surface area (Å²) in [4.78, 5) is 34.2. The standard InChI is InChI=1S/C27H30N4O4/c1-4-31(5-2)21-9-10-22-18(3)23(26(32)35-25(22)14-21)11-12-34-27(33)29-15-19-7-6-8-20(13-19)24-16-28-17-30-24/h6-10,13-14,16-17H,4-5,11-12,15H2,1-3H3,(H,28,30)(H,29,33). The molecule has 0 radical (unpaired) electrons. The van der Waals surface area contributed by atoms with Gasteiger partial charge in [-0.05, 0) is 50.1 Å². The number of rotatable bonds is 9. The van der Waals surface area contributed by atoms with E-state index in [9.17, 15) is 9.59 Å². The Morgan fingerprint density at radius 2 is 2.00 bits per heavy atom. The van der Waals surface area contributed by atoms with Crippen molar-refractivity contribution in [2.45, 2.75) is 33.7 Å². The predicted octanol–water partition coefficient (Wildman–Crippen LogP) is 4.81. The van der Waals surface area contributed by atoms with Crippen LogP contribution in [0.25, 0.3) is 22.2 Å². The van der Waals surface area contributed by atoms with Crippen molar-refractivity contribution in [3.63, 3.8) is 0 Å². The number of amides is 1. The van der Waals surface area contributed by atoms with Crippen LogP contribution in [0.15, 0.2) is 64.2 Å². The summed E-state index contributed by atoms with van der Waals surface area (Å²) in [6.07, 6.45) is 3.18. The molecule has 2 N–H and O–H groups in total. The largest absolute Gasteiger partial charge is 0.449 e. The number of aryl methyl sites for hydroxylation is 1. The Hall–Kier alpha value is -4.07. The van der Waals surface area contributed by atoms with Gasteiger partial charge in [-0.15, -0.1) is 0 Å². The van der Waals surface area contributed by atoms with Crippen molar-refractivity contribution in [1.29, 1.82) is 0 Å². The van der Waals surface area contributed by atoms with Crippen LogP contribution in [0.4, 0.5) is 10.5 Å². The predicted molar refractivity (Wildman–Crippen MR) is 137 cm³/mol. The van der Waals surface area contributed by atoms with Gasteiger partial charge in [-0.2, -0.15) is 0 Å². The summed E-state index contributed by atoms with van der Waals surface area (Å²) < 4.78 is 10.9. The molecule has 0 saturated heterocycles. The molecule has 2 aromatic carbocycles. The van der Waals surface area contributed by atoms with Crippen LogP contribution < -0.4 is 15.8 Å². The molecule has 1 amide bonds. The number of carbonyl (C=O) groups is 1. The molecule has 2 heterocycles. The maximum atomic E-state index is 12.6. The van der Waals surface area contributed by atoms with Gasteiger partial charge in [0.15, 0.2) is 0 Å². The number of H-pyrrole nitrogens is 1. The fourth-order valence-corrected chi connectivity index (χ4v) is 4.19. The van der Waals surface area contributed by atoms with Crippen LogP contribution in [0.5, 0.6) is 0 Å². The van der Waals surface area contributed by atoms with Crippen molar-refractivity contribution in [2.75, 3.05) is 24.6 Å². The summed E-state index contributed by atoms with van der Waals surface area (Å²) >= 11 is 0. The monoisotopic (exact) mass is 474 g/mol. The van der Waals surface area contributed by atoms with E-state index in [1.807, 2.05) is 55.6 Å². The normalized spacial score (nSPS) is 10.9. The number of hydrogen-bond acceptors (Lipinski definition) is 6. The number of aromatic amines is 1. The van der Waals surface area contributed by atoms with Crippen LogP contribution in [0, 0.1) is 6.92 Å². The average Bonchev–Trinajstić information content (AvgIpc) is 3.41. The van der Waals surface area contributed by atoms with Crippen LogP contribution in [-0.4, -0.2) is 35.8 Å². The molecule has 182 valence electrons. The van der Waals surface area contributed by atoms with Crippen molar-refractivity contribution in [3.8, 4) is 11.3 Å². The molecule has 0 saturated carbocycles. The number of aromatic nitrogens is 2. The van der Waals surface area contributed by atoms with Crippen molar-refractivity contribution in [3.05, 3.63) is 82.1 Å². The zero-order valence-electron chi connectivity index (χ0n) is 20.3. The molecule has 8 nitrogen and oxygen atoms in total. The minimum atomic E-state index is -0.540. The number of fused-ring (bicyclic) bond motifs is 1. The molecule has 35 heavy (non-hydrogen) atoms. The summed E-state index contributed by atoms with van der Waals surface area (Å²) in [6, 6.07) is 13.7. The minimum absolute atomic E-state index is 0.0772. The van der Waals surface area contributed by atoms with Gasteiger partial charge < -0.3 is 24.4 Å². The number of alkyl carbamates (subject to hydrolysis) is 1. The van der Waals surface area contributed by atoms with Crippen LogP contribution >= 0.6 is 0 Å². The molecule has 0 aliphatic rings. The van der Waals surface area contributed by atoms with Gasteiger partial charge in [0.25, 0.3) is 0 Å². The van der Waals surface area contributed by atoms with Crippen molar-refractivity contribution < 1.29 is 13.9 Å². The van der Waals surface area contributed by atoms with Crippen LogP contribution in [0.1, 0.15) is 30.5 Å². The van der Waals surface area contributed by atoms with Gasteiger partial charge in [-0.25, -0.2) is 14.6 Å². The molecular formula is C27H30N4O4. The van der Waals surface area contributed by atoms with Gasteiger partial charge in [0.05, 0.1) is 18.6 Å². The molecule has 2 aromatic heterocycles. The van der Waals surface area contributed by atoms with Gasteiger partial charge in [-0.3, -0.25) is 0 Å². The molecule has 0 fully saturated rings. The second kappa shape index (κ2) is 10.9. The highest BCUT2D eigenvalue weighted by Crippen LogP contribution is 2.25. The Kier molecular flexibility index (Phi) is 7.50. The highest BCUT2D eigenvalue weighted by Gasteiger charge is 2.14. The topological polar surface area (TPSA) is 100 Å². The molecule has 0 aliphatic carbocycles. The number of ether oxygens (including phenoxy) is 1. The lowest BCUT2D eigenvalue weighted by atomic mass is 10.0. The van der Waals surface area contributed by atoms with Crippen molar-refractivity contribution >= 4 is 22.7 Å². The van der Waals surface area contributed by atoms with E-state index in [4.69, 9.17) is 9.15 Å². The maximum Gasteiger partial charge on any atom is 0.407 e. The number of carbonyl (C=O) groups excluding carboxylic acids is 1. The van der Waals surface area contributed by atoms with Gasteiger partial charge in [-0.1, -0.05) is 18.2 Å². The summed E-state index contributed by atoms with van der Waals surface area (Å²) in [5, 5.41) is 3.63. The molecule has 0 spiro atoms. The molecule has 0 bridgehead atoms. The number of benzene rings is 2. The average molecular weight is 475 g/mol. The third-order valence-electron chi connectivity index (χ3n) is 6.14. The zero-order valence-corrected chi connectivity index (χ0v) is 20.3. The Morgan fingerprint density at radius 1 is 1.17 bits per heavy atom. The Bertz CT molecular complexity index is 1360.